The molecule has 0 spiro atoms. The Morgan fingerprint density at radius 1 is 1.13 bits per heavy atom. The van der Waals surface area contributed by atoms with E-state index < -0.39 is 30.7 Å². The van der Waals surface area contributed by atoms with E-state index in [4.69, 9.17) is 0 Å². The number of aliphatic hydroxyl groups excluding tert-OH is 1. The number of hydrogen-bond donors (Lipinski definition) is 2. The van der Waals surface area contributed by atoms with Gasteiger partial charge in [-0.05, 0) is 80.0 Å². The smallest absolute Gasteiger partial charge is 0.369 e. The molecule has 2 fully saturated rings. The SMILES string of the molecule is Cn1cnnc1C1(c2cccc(N3Cc4c(cc(C(CF)NC5(C)CCC5)cc4C(F)(F)F)C3O)c2)CCC1. The van der Waals surface area contributed by atoms with Crippen LogP contribution < -0.4 is 10.2 Å². The molecular weight excluding hydrogens is 510 g/mol. The van der Waals surface area contributed by atoms with Crippen molar-refractivity contribution in [2.24, 2.45) is 7.05 Å². The molecule has 6 rings (SSSR count). The summed E-state index contributed by atoms with van der Waals surface area (Å²) in [6.45, 7) is 1.03. The highest BCUT2D eigenvalue weighted by atomic mass is 19.4. The van der Waals surface area contributed by atoms with Crippen LogP contribution in [0.2, 0.25) is 0 Å². The normalized spacial score (nSPS) is 22.2. The van der Waals surface area contributed by atoms with Crippen molar-refractivity contribution in [1.29, 1.82) is 0 Å². The van der Waals surface area contributed by atoms with E-state index >= 15 is 0 Å². The van der Waals surface area contributed by atoms with Crippen LogP contribution in [0.15, 0.2) is 42.7 Å². The second-order valence-electron chi connectivity index (χ2n) is 11.7. The lowest BCUT2D eigenvalue weighted by molar-refractivity contribution is -0.138. The van der Waals surface area contributed by atoms with Gasteiger partial charge in [-0.25, -0.2) is 4.39 Å². The maximum Gasteiger partial charge on any atom is 0.416 e. The van der Waals surface area contributed by atoms with E-state index in [1.807, 2.05) is 36.7 Å². The van der Waals surface area contributed by atoms with Crippen LogP contribution in [0.1, 0.15) is 91.4 Å². The molecule has 39 heavy (non-hydrogen) atoms. The van der Waals surface area contributed by atoms with Gasteiger partial charge in [-0.1, -0.05) is 18.6 Å². The molecule has 2 unspecified atom stereocenters. The third-order valence-electron chi connectivity index (χ3n) is 9.13. The number of aromatic nitrogens is 3. The van der Waals surface area contributed by atoms with Crippen molar-refractivity contribution in [3.8, 4) is 0 Å². The summed E-state index contributed by atoms with van der Waals surface area (Å²) >= 11 is 0. The first-order valence-electron chi connectivity index (χ1n) is 13.5. The largest absolute Gasteiger partial charge is 0.416 e. The molecule has 1 aromatic heterocycles. The van der Waals surface area contributed by atoms with Crippen LogP contribution in [-0.4, -0.2) is 32.1 Å². The highest BCUT2D eigenvalue weighted by molar-refractivity contribution is 5.59. The summed E-state index contributed by atoms with van der Waals surface area (Å²) in [5, 5.41) is 23.0. The number of aliphatic hydroxyl groups is 1. The first kappa shape index (κ1) is 26.3. The van der Waals surface area contributed by atoms with Crippen LogP contribution in [0.25, 0.3) is 0 Å². The van der Waals surface area contributed by atoms with Gasteiger partial charge in [0, 0.05) is 30.4 Å². The Balaban J connectivity index is 1.36. The summed E-state index contributed by atoms with van der Waals surface area (Å²) < 4.78 is 59.0. The Morgan fingerprint density at radius 2 is 1.87 bits per heavy atom. The summed E-state index contributed by atoms with van der Waals surface area (Å²) in [5.74, 6) is 0.852. The van der Waals surface area contributed by atoms with Gasteiger partial charge in [0.1, 0.15) is 18.8 Å². The Labute approximate surface area is 225 Å². The minimum atomic E-state index is -4.64. The molecule has 0 radical (unpaired) electrons. The average molecular weight is 544 g/mol. The number of aryl methyl sites for hydroxylation is 1. The Morgan fingerprint density at radius 3 is 2.44 bits per heavy atom. The highest BCUT2D eigenvalue weighted by Crippen LogP contribution is 2.50. The molecule has 2 aliphatic carbocycles. The monoisotopic (exact) mass is 543 g/mol. The van der Waals surface area contributed by atoms with Crippen molar-refractivity contribution in [1.82, 2.24) is 20.1 Å². The highest BCUT2D eigenvalue weighted by Gasteiger charge is 2.45. The number of benzene rings is 2. The Kier molecular flexibility index (Phi) is 6.26. The number of nitrogens with zero attached hydrogens (tertiary/aromatic N) is 4. The average Bonchev–Trinajstić information content (AvgIpc) is 3.43. The van der Waals surface area contributed by atoms with Crippen LogP contribution in [0, 0.1) is 0 Å². The number of anilines is 1. The first-order valence-corrected chi connectivity index (χ1v) is 13.5. The molecule has 10 heteroatoms. The molecule has 2 N–H and O–H groups in total. The molecular formula is C29H33F4N5O. The van der Waals surface area contributed by atoms with Crippen molar-refractivity contribution in [3.63, 3.8) is 0 Å². The molecule has 2 heterocycles. The van der Waals surface area contributed by atoms with Crippen molar-refractivity contribution >= 4 is 5.69 Å². The lowest BCUT2D eigenvalue weighted by atomic mass is 9.63. The maximum atomic E-state index is 14.3. The third kappa shape index (κ3) is 4.32. The fourth-order valence-corrected chi connectivity index (χ4v) is 6.59. The van der Waals surface area contributed by atoms with Crippen molar-refractivity contribution in [2.75, 3.05) is 11.6 Å². The Hall–Kier alpha value is -2.98. The van der Waals surface area contributed by atoms with Gasteiger partial charge in [0.15, 0.2) is 6.23 Å². The predicted octanol–water partition coefficient (Wildman–Crippen LogP) is 5.86. The molecule has 1 aliphatic heterocycles. The molecule has 0 bridgehead atoms. The van der Waals surface area contributed by atoms with E-state index in [0.29, 0.717) is 5.69 Å². The molecule has 208 valence electrons. The molecule has 2 saturated carbocycles. The van der Waals surface area contributed by atoms with Crippen LogP contribution in [-0.2, 0) is 25.2 Å². The van der Waals surface area contributed by atoms with E-state index in [1.54, 1.807) is 23.4 Å². The number of fused-ring (bicyclic) bond motifs is 1. The van der Waals surface area contributed by atoms with Crippen molar-refractivity contribution in [2.45, 2.75) is 81.4 Å². The number of rotatable bonds is 7. The van der Waals surface area contributed by atoms with Crippen molar-refractivity contribution in [3.05, 3.63) is 76.4 Å². The fraction of sp³-hybridized carbons (Fsp3) is 0.517. The molecule has 2 aromatic carbocycles. The predicted molar refractivity (Wildman–Crippen MR) is 139 cm³/mol. The topological polar surface area (TPSA) is 66.2 Å². The van der Waals surface area contributed by atoms with Crippen LogP contribution in [0.3, 0.4) is 0 Å². The lowest BCUT2D eigenvalue weighted by Crippen LogP contribution is -2.50. The van der Waals surface area contributed by atoms with Gasteiger partial charge in [-0.15, -0.1) is 10.2 Å². The van der Waals surface area contributed by atoms with Gasteiger partial charge in [-0.2, -0.15) is 13.2 Å². The van der Waals surface area contributed by atoms with Crippen LogP contribution >= 0.6 is 0 Å². The summed E-state index contributed by atoms with van der Waals surface area (Å²) in [5.41, 5.74) is 0.613. The number of nitrogens with one attached hydrogen (secondary N) is 1. The fourth-order valence-electron chi connectivity index (χ4n) is 6.59. The molecule has 3 aliphatic rings. The van der Waals surface area contributed by atoms with E-state index in [2.05, 4.69) is 15.5 Å². The van der Waals surface area contributed by atoms with Gasteiger partial charge >= 0.3 is 6.18 Å². The Bertz CT molecular complexity index is 1380. The molecule has 6 nitrogen and oxygen atoms in total. The van der Waals surface area contributed by atoms with Gasteiger partial charge in [-0.3, -0.25) is 0 Å². The molecule has 0 amide bonds. The number of hydrogen-bond acceptors (Lipinski definition) is 5. The van der Waals surface area contributed by atoms with E-state index in [0.717, 1.165) is 56.0 Å². The first-order chi connectivity index (χ1) is 18.5. The lowest BCUT2D eigenvalue weighted by Gasteiger charge is -2.42. The number of halogens is 4. The third-order valence-corrected chi connectivity index (χ3v) is 9.13. The van der Waals surface area contributed by atoms with Crippen LogP contribution in [0.5, 0.6) is 0 Å². The molecule has 2 atom stereocenters. The summed E-state index contributed by atoms with van der Waals surface area (Å²) in [7, 11) is 1.90. The second-order valence-corrected chi connectivity index (χ2v) is 11.7. The standard InChI is InChI=1S/C29H33F4N5O/c1-27(8-4-9-27)35-24(15-30)18-12-21-22(23(13-18)29(31,32)33)16-38(25(21)39)20-7-3-6-19(14-20)28(10-5-11-28)26-36-34-17-37(26)2/h3,6-7,12-14,17,24-25,35,39H,4-5,8-11,15-16H2,1-2H3. The second kappa shape index (κ2) is 9.30. The zero-order valence-electron chi connectivity index (χ0n) is 22.1. The summed E-state index contributed by atoms with van der Waals surface area (Å²) in [6, 6.07) is 9.35. The minimum Gasteiger partial charge on any atom is -0.369 e. The zero-order valence-corrected chi connectivity index (χ0v) is 22.1. The van der Waals surface area contributed by atoms with E-state index in [9.17, 15) is 22.7 Å². The minimum absolute atomic E-state index is 0.0308. The van der Waals surface area contributed by atoms with Gasteiger partial charge < -0.3 is 19.9 Å². The summed E-state index contributed by atoms with van der Waals surface area (Å²) in [4.78, 5) is 1.58. The van der Waals surface area contributed by atoms with Gasteiger partial charge in [0.2, 0.25) is 0 Å². The van der Waals surface area contributed by atoms with E-state index in [-0.39, 0.29) is 34.2 Å². The van der Waals surface area contributed by atoms with Crippen molar-refractivity contribution < 1.29 is 22.7 Å². The van der Waals surface area contributed by atoms with Gasteiger partial charge in [0.25, 0.3) is 0 Å². The molecule has 3 aromatic rings. The quantitative estimate of drug-likeness (QED) is 0.366. The van der Waals surface area contributed by atoms with Crippen LogP contribution in [0.4, 0.5) is 23.2 Å². The zero-order chi connectivity index (χ0) is 27.6. The molecule has 0 saturated heterocycles. The maximum absolute atomic E-state index is 14.3. The van der Waals surface area contributed by atoms with Gasteiger partial charge in [0.05, 0.1) is 17.0 Å². The van der Waals surface area contributed by atoms with E-state index in [1.165, 1.54) is 0 Å². The number of alkyl halides is 4. The summed E-state index contributed by atoms with van der Waals surface area (Å²) in [6.07, 6.45) is 1.27.